The second kappa shape index (κ2) is 11.8. The molecule has 0 unspecified atom stereocenters. The monoisotopic (exact) mass is 517 g/mol. The second-order valence-electron chi connectivity index (χ2n) is 9.96. The number of ether oxygens (including phenoxy) is 1. The van der Waals surface area contributed by atoms with Crippen molar-refractivity contribution in [3.05, 3.63) is 66.2 Å². The highest BCUT2D eigenvalue weighted by atomic mass is 16.5. The van der Waals surface area contributed by atoms with Crippen LogP contribution in [0, 0.1) is 0 Å². The molecule has 1 aliphatic heterocycles. The van der Waals surface area contributed by atoms with Crippen LogP contribution in [0.5, 0.6) is 0 Å². The van der Waals surface area contributed by atoms with E-state index in [0.717, 1.165) is 48.1 Å². The van der Waals surface area contributed by atoms with E-state index in [9.17, 15) is 9.59 Å². The molecule has 1 fully saturated rings. The number of nitrogens with zero attached hydrogens (tertiary/aromatic N) is 3. The number of rotatable bonds is 10. The number of benzene rings is 2. The Morgan fingerprint density at radius 1 is 1.21 bits per heavy atom. The fourth-order valence-corrected chi connectivity index (χ4v) is 5.25. The van der Waals surface area contributed by atoms with Crippen molar-refractivity contribution in [2.75, 3.05) is 33.4 Å². The summed E-state index contributed by atoms with van der Waals surface area (Å²) < 4.78 is 13.2. The SMILES string of the molecule is COCCCn1c([C@@H]2CCCN(C(=O)C[C@H](N)CNC(=O)c3cc4ccccc4o3)C2)nc2ccccc21. The first kappa shape index (κ1) is 25.9. The quantitative estimate of drug-likeness (QED) is 0.310. The molecule has 0 aliphatic carbocycles. The van der Waals surface area contributed by atoms with Crippen molar-refractivity contribution in [1.29, 1.82) is 0 Å². The number of carbonyl (C=O) groups excluding carboxylic acids is 2. The van der Waals surface area contributed by atoms with E-state index in [0.29, 0.717) is 25.3 Å². The van der Waals surface area contributed by atoms with Crippen LogP contribution in [0.1, 0.15) is 48.0 Å². The molecule has 1 aliphatic rings. The minimum Gasteiger partial charge on any atom is -0.451 e. The van der Waals surface area contributed by atoms with Crippen LogP contribution in [0.3, 0.4) is 0 Å². The molecule has 2 amide bonds. The standard InChI is InChI=1S/C29H35N5O4/c1-37-15-7-14-34-24-11-4-3-10-23(24)32-28(34)21-9-6-13-33(19-21)27(35)17-22(30)18-31-29(36)26-16-20-8-2-5-12-25(20)38-26/h2-5,8,10-12,16,21-22H,6-7,9,13-15,17-19,30H2,1H3,(H,31,36)/t21-,22+/m1/s1. The van der Waals surface area contributed by atoms with Crippen molar-refractivity contribution in [3.63, 3.8) is 0 Å². The molecule has 2 aromatic heterocycles. The number of nitrogens with one attached hydrogen (secondary N) is 1. The van der Waals surface area contributed by atoms with Crippen molar-refractivity contribution < 1.29 is 18.7 Å². The Morgan fingerprint density at radius 3 is 2.87 bits per heavy atom. The van der Waals surface area contributed by atoms with Crippen LogP contribution in [0.25, 0.3) is 22.0 Å². The number of para-hydroxylation sites is 3. The van der Waals surface area contributed by atoms with Gasteiger partial charge in [0, 0.05) is 63.7 Å². The highest BCUT2D eigenvalue weighted by molar-refractivity contribution is 5.96. The molecule has 38 heavy (non-hydrogen) atoms. The van der Waals surface area contributed by atoms with Gasteiger partial charge in [-0.3, -0.25) is 9.59 Å². The van der Waals surface area contributed by atoms with E-state index in [1.165, 1.54) is 0 Å². The van der Waals surface area contributed by atoms with Gasteiger partial charge in [-0.15, -0.1) is 0 Å². The topological polar surface area (TPSA) is 116 Å². The van der Waals surface area contributed by atoms with Crippen molar-refractivity contribution in [2.24, 2.45) is 5.73 Å². The Hall–Kier alpha value is -3.69. The number of furan rings is 1. The number of carbonyl (C=O) groups is 2. The lowest BCUT2D eigenvalue weighted by Gasteiger charge is -2.33. The summed E-state index contributed by atoms with van der Waals surface area (Å²) in [6, 6.07) is 16.8. The minimum atomic E-state index is -0.491. The second-order valence-corrected chi connectivity index (χ2v) is 9.96. The van der Waals surface area contributed by atoms with Gasteiger partial charge < -0.3 is 29.7 Å². The maximum absolute atomic E-state index is 13.2. The predicted molar refractivity (Wildman–Crippen MR) is 146 cm³/mol. The van der Waals surface area contributed by atoms with E-state index in [1.807, 2.05) is 47.4 Å². The van der Waals surface area contributed by atoms with Gasteiger partial charge in [-0.25, -0.2) is 4.98 Å². The summed E-state index contributed by atoms with van der Waals surface area (Å²) in [6.07, 6.45) is 2.96. The molecule has 2 aromatic carbocycles. The first-order valence-electron chi connectivity index (χ1n) is 13.3. The molecule has 3 heterocycles. The van der Waals surface area contributed by atoms with Gasteiger partial charge in [0.15, 0.2) is 5.76 Å². The van der Waals surface area contributed by atoms with E-state index in [4.69, 9.17) is 19.9 Å². The van der Waals surface area contributed by atoms with E-state index in [-0.39, 0.29) is 36.5 Å². The van der Waals surface area contributed by atoms with E-state index >= 15 is 0 Å². The normalized spacial score (nSPS) is 16.7. The van der Waals surface area contributed by atoms with Crippen LogP contribution in [0.15, 0.2) is 59.0 Å². The van der Waals surface area contributed by atoms with E-state index in [2.05, 4.69) is 16.0 Å². The maximum Gasteiger partial charge on any atom is 0.287 e. The number of hydrogen-bond acceptors (Lipinski definition) is 6. The summed E-state index contributed by atoms with van der Waals surface area (Å²) in [7, 11) is 1.71. The van der Waals surface area contributed by atoms with Crippen LogP contribution in [-0.2, 0) is 16.1 Å². The van der Waals surface area contributed by atoms with Crippen molar-refractivity contribution in [3.8, 4) is 0 Å². The molecular formula is C29H35N5O4. The van der Waals surface area contributed by atoms with Gasteiger partial charge in [-0.2, -0.15) is 0 Å². The molecule has 9 nitrogen and oxygen atoms in total. The molecule has 200 valence electrons. The fraction of sp³-hybridized carbons (Fsp3) is 0.414. The molecule has 4 aromatic rings. The Morgan fingerprint density at radius 2 is 2.03 bits per heavy atom. The predicted octanol–water partition coefficient (Wildman–Crippen LogP) is 3.67. The van der Waals surface area contributed by atoms with Gasteiger partial charge in [0.1, 0.15) is 11.4 Å². The van der Waals surface area contributed by atoms with Crippen molar-refractivity contribution in [2.45, 2.75) is 44.2 Å². The Balaban J connectivity index is 1.19. The average molecular weight is 518 g/mol. The van der Waals surface area contributed by atoms with Crippen LogP contribution in [0.2, 0.25) is 0 Å². The fourth-order valence-electron chi connectivity index (χ4n) is 5.25. The Labute approximate surface area is 221 Å². The smallest absolute Gasteiger partial charge is 0.287 e. The van der Waals surface area contributed by atoms with Crippen molar-refractivity contribution >= 4 is 33.8 Å². The van der Waals surface area contributed by atoms with Gasteiger partial charge >= 0.3 is 0 Å². The summed E-state index contributed by atoms with van der Waals surface area (Å²) in [6.45, 7) is 3.02. The van der Waals surface area contributed by atoms with Gasteiger partial charge in [0.05, 0.1) is 11.0 Å². The molecule has 0 saturated carbocycles. The highest BCUT2D eigenvalue weighted by Crippen LogP contribution is 2.30. The first-order chi connectivity index (χ1) is 18.5. The number of methoxy groups -OCH3 is 1. The van der Waals surface area contributed by atoms with Gasteiger partial charge in [0.2, 0.25) is 5.91 Å². The lowest BCUT2D eigenvalue weighted by atomic mass is 9.96. The molecule has 5 rings (SSSR count). The van der Waals surface area contributed by atoms with Gasteiger partial charge in [0.25, 0.3) is 5.91 Å². The molecule has 0 spiro atoms. The zero-order valence-corrected chi connectivity index (χ0v) is 21.8. The van der Waals surface area contributed by atoms with Gasteiger partial charge in [-0.1, -0.05) is 30.3 Å². The number of aryl methyl sites for hydroxylation is 1. The number of likely N-dealkylation sites (tertiary alicyclic amines) is 1. The average Bonchev–Trinajstić information content (AvgIpc) is 3.54. The summed E-state index contributed by atoms with van der Waals surface area (Å²) in [5, 5.41) is 3.66. The largest absolute Gasteiger partial charge is 0.451 e. The van der Waals surface area contributed by atoms with Crippen LogP contribution >= 0.6 is 0 Å². The number of aromatic nitrogens is 2. The van der Waals surface area contributed by atoms with Crippen LogP contribution < -0.4 is 11.1 Å². The van der Waals surface area contributed by atoms with E-state index < -0.39 is 6.04 Å². The third-order valence-corrected chi connectivity index (χ3v) is 7.16. The maximum atomic E-state index is 13.2. The molecule has 0 bridgehead atoms. The number of fused-ring (bicyclic) bond motifs is 2. The number of hydrogen-bond donors (Lipinski definition) is 2. The summed E-state index contributed by atoms with van der Waals surface area (Å²) in [5.41, 5.74) is 9.00. The molecule has 9 heteroatoms. The Kier molecular flexibility index (Phi) is 8.05. The Bertz CT molecular complexity index is 1380. The molecule has 1 saturated heterocycles. The lowest BCUT2D eigenvalue weighted by Crippen LogP contribution is -2.45. The summed E-state index contributed by atoms with van der Waals surface area (Å²) >= 11 is 0. The molecule has 0 radical (unpaired) electrons. The van der Waals surface area contributed by atoms with Crippen molar-refractivity contribution in [1.82, 2.24) is 19.8 Å². The molecular weight excluding hydrogens is 482 g/mol. The summed E-state index contributed by atoms with van der Waals surface area (Å²) in [5.74, 6) is 1.09. The molecule has 3 N–H and O–H groups in total. The highest BCUT2D eigenvalue weighted by Gasteiger charge is 2.29. The number of piperidine rings is 1. The van der Waals surface area contributed by atoms with Crippen LogP contribution in [0.4, 0.5) is 0 Å². The zero-order valence-electron chi connectivity index (χ0n) is 21.8. The number of amides is 2. The zero-order chi connectivity index (χ0) is 26.5. The first-order valence-corrected chi connectivity index (χ1v) is 13.3. The third-order valence-electron chi connectivity index (χ3n) is 7.16. The van der Waals surface area contributed by atoms with Gasteiger partial charge in [-0.05, 0) is 43.5 Å². The minimum absolute atomic E-state index is 0.00206. The number of imidazole rings is 1. The van der Waals surface area contributed by atoms with Crippen LogP contribution in [-0.4, -0.2) is 65.7 Å². The van der Waals surface area contributed by atoms with E-state index in [1.54, 1.807) is 13.2 Å². The summed E-state index contributed by atoms with van der Waals surface area (Å²) in [4.78, 5) is 32.6. The molecule has 2 atom stereocenters. The lowest BCUT2D eigenvalue weighted by molar-refractivity contribution is -0.132. The number of nitrogens with two attached hydrogens (primary N) is 1. The third kappa shape index (κ3) is 5.74.